The van der Waals surface area contributed by atoms with Crippen molar-refractivity contribution in [2.75, 3.05) is 7.11 Å². The summed E-state index contributed by atoms with van der Waals surface area (Å²) in [6.07, 6.45) is -0.836. The molecule has 100 valence electrons. The summed E-state index contributed by atoms with van der Waals surface area (Å²) < 4.78 is 19.5. The molecule has 2 rings (SSSR count). The molecule has 0 bridgehead atoms. The summed E-state index contributed by atoms with van der Waals surface area (Å²) in [5.41, 5.74) is 1.30. The third-order valence-corrected chi connectivity index (χ3v) is 4.06. The molecule has 0 aliphatic carbocycles. The van der Waals surface area contributed by atoms with Crippen LogP contribution in [0.15, 0.2) is 45.3 Å². The van der Waals surface area contributed by atoms with Gasteiger partial charge in [-0.3, -0.25) is 0 Å². The lowest BCUT2D eigenvalue weighted by Gasteiger charge is -2.14. The van der Waals surface area contributed by atoms with E-state index in [0.29, 0.717) is 21.3 Å². The second-order valence-corrected chi connectivity index (χ2v) is 5.67. The van der Waals surface area contributed by atoms with Gasteiger partial charge in [0.05, 0.1) is 11.6 Å². The van der Waals surface area contributed by atoms with Crippen LogP contribution in [-0.4, -0.2) is 12.2 Å². The van der Waals surface area contributed by atoms with Gasteiger partial charge < -0.3 is 9.84 Å². The van der Waals surface area contributed by atoms with Gasteiger partial charge in [-0.25, -0.2) is 4.39 Å². The van der Waals surface area contributed by atoms with Gasteiger partial charge in [-0.1, -0.05) is 28.1 Å². The Kier molecular flexibility index (Phi) is 4.60. The Bertz CT molecular complexity index is 602. The molecular formula is C14H11Br2FO2. The molecule has 1 unspecified atom stereocenters. The number of hydrogen-bond acceptors (Lipinski definition) is 2. The largest absolute Gasteiger partial charge is 0.496 e. The second kappa shape index (κ2) is 6.03. The van der Waals surface area contributed by atoms with Crippen molar-refractivity contribution in [3.8, 4) is 5.75 Å². The average molecular weight is 390 g/mol. The Morgan fingerprint density at radius 1 is 1.11 bits per heavy atom. The molecular weight excluding hydrogens is 379 g/mol. The molecule has 2 aromatic rings. The van der Waals surface area contributed by atoms with E-state index in [4.69, 9.17) is 4.74 Å². The van der Waals surface area contributed by atoms with Gasteiger partial charge in [0, 0.05) is 4.47 Å². The number of hydrogen-bond donors (Lipinski definition) is 1. The van der Waals surface area contributed by atoms with Gasteiger partial charge in [-0.2, -0.15) is 0 Å². The van der Waals surface area contributed by atoms with Crippen molar-refractivity contribution in [1.29, 1.82) is 0 Å². The zero-order valence-corrected chi connectivity index (χ0v) is 13.2. The van der Waals surface area contributed by atoms with E-state index in [2.05, 4.69) is 31.9 Å². The minimum absolute atomic E-state index is 0.348. The number of halogens is 3. The van der Waals surface area contributed by atoms with Gasteiger partial charge >= 0.3 is 0 Å². The third-order valence-electron chi connectivity index (χ3n) is 2.75. The summed E-state index contributed by atoms with van der Waals surface area (Å²) in [4.78, 5) is 0. The molecule has 0 heterocycles. The van der Waals surface area contributed by atoms with Crippen LogP contribution in [0.2, 0.25) is 0 Å². The van der Waals surface area contributed by atoms with Crippen LogP contribution in [0, 0.1) is 5.82 Å². The summed E-state index contributed by atoms with van der Waals surface area (Å²) in [5.74, 6) is 0.341. The molecule has 5 heteroatoms. The normalized spacial score (nSPS) is 12.3. The molecule has 0 aliphatic rings. The summed E-state index contributed by atoms with van der Waals surface area (Å²) in [6.45, 7) is 0. The van der Waals surface area contributed by atoms with Gasteiger partial charge in [-0.15, -0.1) is 0 Å². The maximum Gasteiger partial charge on any atom is 0.133 e. The average Bonchev–Trinajstić information content (AvgIpc) is 2.38. The molecule has 19 heavy (non-hydrogen) atoms. The van der Waals surface area contributed by atoms with Crippen LogP contribution in [0.5, 0.6) is 5.75 Å². The first-order chi connectivity index (χ1) is 9.02. The second-order valence-electron chi connectivity index (χ2n) is 3.96. The number of ether oxygens (including phenoxy) is 1. The van der Waals surface area contributed by atoms with Gasteiger partial charge in [0.1, 0.15) is 17.7 Å². The summed E-state index contributed by atoms with van der Waals surface area (Å²) in [5, 5.41) is 10.3. The Morgan fingerprint density at radius 3 is 2.42 bits per heavy atom. The first-order valence-electron chi connectivity index (χ1n) is 5.49. The zero-order chi connectivity index (χ0) is 14.0. The molecule has 1 N–H and O–H groups in total. The van der Waals surface area contributed by atoms with E-state index in [1.54, 1.807) is 31.4 Å². The Hall–Kier alpha value is -0.910. The number of rotatable bonds is 3. The first-order valence-corrected chi connectivity index (χ1v) is 7.08. The van der Waals surface area contributed by atoms with Gasteiger partial charge in [0.25, 0.3) is 0 Å². The Balaban J connectivity index is 2.38. The van der Waals surface area contributed by atoms with Crippen molar-refractivity contribution < 1.29 is 14.2 Å². The lowest BCUT2D eigenvalue weighted by Crippen LogP contribution is -2.01. The fourth-order valence-electron chi connectivity index (χ4n) is 1.76. The molecule has 2 nitrogen and oxygen atoms in total. The summed E-state index contributed by atoms with van der Waals surface area (Å²) in [7, 11) is 1.58. The topological polar surface area (TPSA) is 29.5 Å². The lowest BCUT2D eigenvalue weighted by atomic mass is 10.0. The van der Waals surface area contributed by atoms with E-state index >= 15 is 0 Å². The molecule has 0 amide bonds. The van der Waals surface area contributed by atoms with Crippen molar-refractivity contribution in [2.45, 2.75) is 6.10 Å². The van der Waals surface area contributed by atoms with Crippen LogP contribution < -0.4 is 4.74 Å². The van der Waals surface area contributed by atoms with Crippen LogP contribution >= 0.6 is 31.9 Å². The van der Waals surface area contributed by atoms with Crippen molar-refractivity contribution in [3.05, 3.63) is 62.3 Å². The monoisotopic (exact) mass is 388 g/mol. The standard InChI is InChI=1S/C14H11Br2FO2/c1-19-13-5-2-8(6-12(13)16)14(18)10-4-3-9(17)7-11(10)15/h2-7,14,18H,1H3. The van der Waals surface area contributed by atoms with Gasteiger partial charge in [0.2, 0.25) is 0 Å². The SMILES string of the molecule is COc1ccc(C(O)c2ccc(F)cc2Br)cc1Br. The number of aliphatic hydroxyl groups is 1. The van der Waals surface area contributed by atoms with Crippen LogP contribution in [0.3, 0.4) is 0 Å². The molecule has 1 atom stereocenters. The predicted molar refractivity (Wildman–Crippen MR) is 78.9 cm³/mol. The number of methoxy groups -OCH3 is 1. The summed E-state index contributed by atoms with van der Waals surface area (Å²) >= 11 is 6.63. The molecule has 0 spiro atoms. The van der Waals surface area contributed by atoms with Crippen molar-refractivity contribution in [1.82, 2.24) is 0 Å². The highest BCUT2D eigenvalue weighted by molar-refractivity contribution is 9.10. The maximum absolute atomic E-state index is 13.0. The molecule has 0 fully saturated rings. The molecule has 0 aromatic heterocycles. The van der Waals surface area contributed by atoms with Crippen LogP contribution in [0.1, 0.15) is 17.2 Å². The van der Waals surface area contributed by atoms with Gasteiger partial charge in [0.15, 0.2) is 0 Å². The quantitative estimate of drug-likeness (QED) is 0.840. The minimum Gasteiger partial charge on any atom is -0.496 e. The highest BCUT2D eigenvalue weighted by atomic mass is 79.9. The number of aliphatic hydroxyl groups excluding tert-OH is 1. The fourth-order valence-corrected chi connectivity index (χ4v) is 2.88. The highest BCUT2D eigenvalue weighted by Crippen LogP contribution is 2.33. The van der Waals surface area contributed by atoms with Crippen molar-refractivity contribution in [2.24, 2.45) is 0 Å². The van der Waals surface area contributed by atoms with E-state index < -0.39 is 6.10 Å². The van der Waals surface area contributed by atoms with Crippen LogP contribution in [-0.2, 0) is 0 Å². The van der Waals surface area contributed by atoms with E-state index in [0.717, 1.165) is 4.47 Å². The molecule has 0 saturated heterocycles. The molecule has 0 radical (unpaired) electrons. The third kappa shape index (κ3) is 3.16. The van der Waals surface area contributed by atoms with Crippen molar-refractivity contribution in [3.63, 3.8) is 0 Å². The summed E-state index contributed by atoms with van der Waals surface area (Å²) in [6, 6.07) is 9.52. The lowest BCUT2D eigenvalue weighted by molar-refractivity contribution is 0.219. The van der Waals surface area contributed by atoms with Crippen molar-refractivity contribution >= 4 is 31.9 Å². The van der Waals surface area contributed by atoms with E-state index in [1.807, 2.05) is 0 Å². The smallest absolute Gasteiger partial charge is 0.133 e. The first kappa shape index (κ1) is 14.5. The maximum atomic E-state index is 13.0. The van der Waals surface area contributed by atoms with Gasteiger partial charge in [-0.05, 0) is 51.3 Å². The Labute approximate surface area is 127 Å². The fraction of sp³-hybridized carbons (Fsp3) is 0.143. The zero-order valence-electron chi connectivity index (χ0n) is 10.0. The molecule has 0 aliphatic heterocycles. The predicted octanol–water partition coefficient (Wildman–Crippen LogP) is 4.44. The highest BCUT2D eigenvalue weighted by Gasteiger charge is 2.15. The van der Waals surface area contributed by atoms with E-state index in [-0.39, 0.29) is 5.82 Å². The van der Waals surface area contributed by atoms with E-state index in [9.17, 15) is 9.50 Å². The Morgan fingerprint density at radius 2 is 1.84 bits per heavy atom. The van der Waals surface area contributed by atoms with E-state index in [1.165, 1.54) is 12.1 Å². The molecule has 2 aromatic carbocycles. The molecule has 0 saturated carbocycles. The van der Waals surface area contributed by atoms with Crippen LogP contribution in [0.4, 0.5) is 4.39 Å². The van der Waals surface area contributed by atoms with Crippen LogP contribution in [0.25, 0.3) is 0 Å². The minimum atomic E-state index is -0.836. The number of benzene rings is 2.